The Hall–Kier alpha value is -0.650. The van der Waals surface area contributed by atoms with Gasteiger partial charge < -0.3 is 20.1 Å². The summed E-state index contributed by atoms with van der Waals surface area (Å²) in [6.45, 7) is 8.04. The first kappa shape index (κ1) is 13.4. The molecule has 0 aromatic heterocycles. The van der Waals surface area contributed by atoms with Crippen LogP contribution in [0.5, 0.6) is 0 Å². The molecule has 1 aliphatic rings. The van der Waals surface area contributed by atoms with Crippen molar-refractivity contribution in [3.8, 4) is 0 Å². The molecule has 1 atom stereocenters. The van der Waals surface area contributed by atoms with Crippen LogP contribution in [0.3, 0.4) is 0 Å². The molecule has 0 aromatic rings. The quantitative estimate of drug-likeness (QED) is 0.689. The maximum Gasteiger partial charge on any atom is 0.242 e. The molecule has 94 valence electrons. The Morgan fingerprint density at radius 2 is 2.31 bits per heavy atom. The first-order valence-electron chi connectivity index (χ1n) is 5.76. The summed E-state index contributed by atoms with van der Waals surface area (Å²) < 4.78 is 5.26. The van der Waals surface area contributed by atoms with Crippen molar-refractivity contribution in [1.82, 2.24) is 10.2 Å². The summed E-state index contributed by atoms with van der Waals surface area (Å²) in [5.74, 6) is 0.00400. The molecule has 1 aliphatic heterocycles. The molecular formula is C11H22N2O3. The van der Waals surface area contributed by atoms with E-state index in [1.165, 1.54) is 0 Å². The van der Waals surface area contributed by atoms with Crippen molar-refractivity contribution in [2.45, 2.75) is 32.4 Å². The van der Waals surface area contributed by atoms with E-state index in [-0.39, 0.29) is 11.9 Å². The highest BCUT2D eigenvalue weighted by Crippen LogP contribution is 2.07. The lowest BCUT2D eigenvalue weighted by molar-refractivity contribution is -0.139. The van der Waals surface area contributed by atoms with Crippen LogP contribution in [0, 0.1) is 0 Å². The van der Waals surface area contributed by atoms with Crippen molar-refractivity contribution in [2.24, 2.45) is 0 Å². The van der Waals surface area contributed by atoms with Gasteiger partial charge in [-0.3, -0.25) is 4.79 Å². The van der Waals surface area contributed by atoms with E-state index in [0.717, 1.165) is 0 Å². The molecule has 1 unspecified atom stereocenters. The molecule has 0 spiro atoms. The van der Waals surface area contributed by atoms with Gasteiger partial charge in [-0.15, -0.1) is 0 Å². The van der Waals surface area contributed by atoms with Crippen LogP contribution in [-0.2, 0) is 9.53 Å². The Bertz CT molecular complexity index is 232. The first-order chi connectivity index (χ1) is 7.44. The maximum atomic E-state index is 12.1. The van der Waals surface area contributed by atoms with Crippen LogP contribution >= 0.6 is 0 Å². The van der Waals surface area contributed by atoms with Crippen molar-refractivity contribution in [1.29, 1.82) is 0 Å². The fraction of sp³-hybridized carbons (Fsp3) is 0.909. The summed E-state index contributed by atoms with van der Waals surface area (Å²) >= 11 is 0. The molecule has 1 fully saturated rings. The molecular weight excluding hydrogens is 208 g/mol. The minimum atomic E-state index is -0.860. The molecule has 0 saturated carbocycles. The van der Waals surface area contributed by atoms with Crippen molar-refractivity contribution in [3.63, 3.8) is 0 Å². The SMILES string of the molecule is CCN(CC(C)(C)O)C(=O)C1COCCN1. The van der Waals surface area contributed by atoms with E-state index in [1.54, 1.807) is 18.7 Å². The monoisotopic (exact) mass is 230 g/mol. The number of ether oxygens (including phenoxy) is 1. The Balaban J connectivity index is 2.54. The van der Waals surface area contributed by atoms with E-state index < -0.39 is 5.60 Å². The van der Waals surface area contributed by atoms with Gasteiger partial charge in [0.2, 0.25) is 5.91 Å². The number of hydrogen-bond donors (Lipinski definition) is 2. The minimum Gasteiger partial charge on any atom is -0.389 e. The zero-order valence-corrected chi connectivity index (χ0v) is 10.3. The lowest BCUT2D eigenvalue weighted by Gasteiger charge is -2.32. The summed E-state index contributed by atoms with van der Waals surface area (Å²) in [6, 6.07) is -0.268. The van der Waals surface area contributed by atoms with E-state index in [9.17, 15) is 9.90 Å². The van der Waals surface area contributed by atoms with E-state index >= 15 is 0 Å². The van der Waals surface area contributed by atoms with Gasteiger partial charge in [0.25, 0.3) is 0 Å². The number of rotatable bonds is 4. The van der Waals surface area contributed by atoms with E-state index in [0.29, 0.717) is 32.8 Å². The van der Waals surface area contributed by atoms with Crippen molar-refractivity contribution < 1.29 is 14.6 Å². The lowest BCUT2D eigenvalue weighted by atomic mass is 10.1. The topological polar surface area (TPSA) is 61.8 Å². The van der Waals surface area contributed by atoms with Gasteiger partial charge in [0.1, 0.15) is 6.04 Å². The third-order valence-electron chi connectivity index (χ3n) is 2.49. The Kier molecular flexibility index (Phi) is 4.70. The van der Waals surface area contributed by atoms with Gasteiger partial charge in [-0.05, 0) is 20.8 Å². The average molecular weight is 230 g/mol. The summed E-state index contributed by atoms with van der Waals surface area (Å²) in [4.78, 5) is 13.7. The van der Waals surface area contributed by atoms with Gasteiger partial charge in [0.15, 0.2) is 0 Å². The molecule has 1 amide bonds. The fourth-order valence-electron chi connectivity index (χ4n) is 1.76. The predicted octanol–water partition coefficient (Wildman–Crippen LogP) is -0.406. The van der Waals surface area contributed by atoms with Gasteiger partial charge in [-0.1, -0.05) is 0 Å². The van der Waals surface area contributed by atoms with Gasteiger partial charge in [0, 0.05) is 19.6 Å². The van der Waals surface area contributed by atoms with Crippen LogP contribution < -0.4 is 5.32 Å². The maximum absolute atomic E-state index is 12.1. The number of morpholine rings is 1. The Morgan fingerprint density at radius 3 is 2.75 bits per heavy atom. The molecule has 5 heteroatoms. The third-order valence-corrected chi connectivity index (χ3v) is 2.49. The highest BCUT2D eigenvalue weighted by molar-refractivity contribution is 5.82. The number of nitrogens with one attached hydrogen (secondary N) is 1. The highest BCUT2D eigenvalue weighted by Gasteiger charge is 2.28. The lowest BCUT2D eigenvalue weighted by Crippen LogP contribution is -2.54. The van der Waals surface area contributed by atoms with Crippen molar-refractivity contribution >= 4 is 5.91 Å². The largest absolute Gasteiger partial charge is 0.389 e. The number of carbonyl (C=O) groups is 1. The van der Waals surface area contributed by atoms with Gasteiger partial charge >= 0.3 is 0 Å². The van der Waals surface area contributed by atoms with E-state index in [2.05, 4.69) is 5.32 Å². The zero-order chi connectivity index (χ0) is 12.2. The second-order valence-electron chi connectivity index (χ2n) is 4.75. The highest BCUT2D eigenvalue weighted by atomic mass is 16.5. The predicted molar refractivity (Wildman–Crippen MR) is 61.2 cm³/mol. The molecule has 1 saturated heterocycles. The number of carbonyl (C=O) groups excluding carboxylic acids is 1. The summed E-state index contributed by atoms with van der Waals surface area (Å²) in [5, 5.41) is 12.8. The van der Waals surface area contributed by atoms with E-state index in [4.69, 9.17) is 4.74 Å². The number of amides is 1. The van der Waals surface area contributed by atoms with Crippen LogP contribution in [0.4, 0.5) is 0 Å². The number of hydrogen-bond acceptors (Lipinski definition) is 4. The molecule has 0 radical (unpaired) electrons. The van der Waals surface area contributed by atoms with Gasteiger partial charge in [-0.25, -0.2) is 0 Å². The molecule has 5 nitrogen and oxygen atoms in total. The molecule has 2 N–H and O–H groups in total. The molecule has 0 aliphatic carbocycles. The second kappa shape index (κ2) is 5.61. The molecule has 0 bridgehead atoms. The number of likely N-dealkylation sites (N-methyl/N-ethyl adjacent to an activating group) is 1. The van der Waals surface area contributed by atoms with Crippen LogP contribution in [0.2, 0.25) is 0 Å². The van der Waals surface area contributed by atoms with Crippen LogP contribution in [0.25, 0.3) is 0 Å². The number of nitrogens with zero attached hydrogens (tertiary/aromatic N) is 1. The first-order valence-corrected chi connectivity index (χ1v) is 5.76. The molecule has 0 aromatic carbocycles. The van der Waals surface area contributed by atoms with Crippen LogP contribution in [0.1, 0.15) is 20.8 Å². The molecule has 1 rings (SSSR count). The summed E-state index contributed by atoms with van der Waals surface area (Å²) in [7, 11) is 0. The van der Waals surface area contributed by atoms with Crippen LogP contribution in [0.15, 0.2) is 0 Å². The van der Waals surface area contributed by atoms with E-state index in [1.807, 2.05) is 6.92 Å². The Morgan fingerprint density at radius 1 is 1.62 bits per heavy atom. The normalized spacial score (nSPS) is 21.9. The minimum absolute atomic E-state index is 0.00400. The molecule has 16 heavy (non-hydrogen) atoms. The smallest absolute Gasteiger partial charge is 0.242 e. The van der Waals surface area contributed by atoms with Crippen molar-refractivity contribution in [3.05, 3.63) is 0 Å². The average Bonchev–Trinajstić information content (AvgIpc) is 2.25. The third kappa shape index (κ3) is 4.08. The summed E-state index contributed by atoms with van der Waals surface area (Å²) in [5.41, 5.74) is -0.860. The van der Waals surface area contributed by atoms with Crippen LogP contribution in [-0.4, -0.2) is 60.4 Å². The number of aliphatic hydroxyl groups is 1. The second-order valence-corrected chi connectivity index (χ2v) is 4.75. The zero-order valence-electron chi connectivity index (χ0n) is 10.3. The van der Waals surface area contributed by atoms with Crippen molar-refractivity contribution in [2.75, 3.05) is 32.8 Å². The molecule has 1 heterocycles. The fourth-order valence-corrected chi connectivity index (χ4v) is 1.76. The summed E-state index contributed by atoms with van der Waals surface area (Å²) in [6.07, 6.45) is 0. The van der Waals surface area contributed by atoms with Gasteiger partial charge in [0.05, 0.1) is 18.8 Å². The standard InChI is InChI=1S/C11H22N2O3/c1-4-13(8-11(2,3)15)10(14)9-7-16-6-5-12-9/h9,12,15H,4-8H2,1-3H3. The Labute approximate surface area is 96.8 Å². The van der Waals surface area contributed by atoms with Gasteiger partial charge in [-0.2, -0.15) is 0 Å².